The van der Waals surface area contributed by atoms with Gasteiger partial charge >= 0.3 is 0 Å². The van der Waals surface area contributed by atoms with Crippen LogP contribution in [-0.2, 0) is 0 Å². The maximum absolute atomic E-state index is 12.8. The SMILES string of the molecule is COc1ccc(-n2ccn3cc(-c4cccc(Cl)c4)nc3c2=O)cc1. The molecule has 2 aromatic carbocycles. The van der Waals surface area contributed by atoms with Crippen LogP contribution < -0.4 is 10.3 Å². The first-order chi connectivity index (χ1) is 12.2. The fraction of sp³-hybridized carbons (Fsp3) is 0.0526. The number of methoxy groups -OCH3 is 1. The normalized spacial score (nSPS) is 11.0. The van der Waals surface area contributed by atoms with Crippen LogP contribution in [0.5, 0.6) is 5.75 Å². The molecule has 0 amide bonds. The summed E-state index contributed by atoms with van der Waals surface area (Å²) in [5.74, 6) is 0.738. The molecule has 0 fully saturated rings. The number of hydrogen-bond donors (Lipinski definition) is 0. The van der Waals surface area contributed by atoms with Gasteiger partial charge in [0, 0.05) is 34.9 Å². The van der Waals surface area contributed by atoms with E-state index in [1.807, 2.05) is 54.9 Å². The highest BCUT2D eigenvalue weighted by Crippen LogP contribution is 2.22. The minimum atomic E-state index is -0.194. The van der Waals surface area contributed by atoms with Gasteiger partial charge in [0.1, 0.15) is 5.75 Å². The molecule has 4 aromatic rings. The lowest BCUT2D eigenvalue weighted by Crippen LogP contribution is -2.19. The Morgan fingerprint density at radius 2 is 1.88 bits per heavy atom. The number of halogens is 1. The summed E-state index contributed by atoms with van der Waals surface area (Å²) in [4.78, 5) is 17.3. The molecule has 0 aliphatic carbocycles. The molecule has 0 aliphatic rings. The van der Waals surface area contributed by atoms with Crippen molar-refractivity contribution in [1.29, 1.82) is 0 Å². The topological polar surface area (TPSA) is 48.5 Å². The van der Waals surface area contributed by atoms with Crippen LogP contribution in [0, 0.1) is 0 Å². The molecular formula is C19H14ClN3O2. The molecule has 0 radical (unpaired) electrons. The van der Waals surface area contributed by atoms with Gasteiger partial charge in [-0.1, -0.05) is 23.7 Å². The third-order valence-electron chi connectivity index (χ3n) is 3.99. The number of ether oxygens (including phenoxy) is 1. The zero-order valence-electron chi connectivity index (χ0n) is 13.4. The zero-order chi connectivity index (χ0) is 17.4. The van der Waals surface area contributed by atoms with Crippen LogP contribution in [0.2, 0.25) is 5.02 Å². The van der Waals surface area contributed by atoms with Gasteiger partial charge in [-0.3, -0.25) is 9.36 Å². The first kappa shape index (κ1) is 15.5. The van der Waals surface area contributed by atoms with Crippen molar-refractivity contribution in [3.05, 3.63) is 82.5 Å². The number of rotatable bonds is 3. The van der Waals surface area contributed by atoms with Crippen molar-refractivity contribution in [3.63, 3.8) is 0 Å². The number of aromatic nitrogens is 3. The molecule has 124 valence electrons. The lowest BCUT2D eigenvalue weighted by atomic mass is 10.2. The number of nitrogens with zero attached hydrogens (tertiary/aromatic N) is 3. The molecule has 2 heterocycles. The van der Waals surface area contributed by atoms with Gasteiger partial charge in [0.05, 0.1) is 12.8 Å². The average molecular weight is 352 g/mol. The molecule has 0 N–H and O–H groups in total. The summed E-state index contributed by atoms with van der Waals surface area (Å²) in [6.07, 6.45) is 5.35. The minimum Gasteiger partial charge on any atom is -0.497 e. The highest BCUT2D eigenvalue weighted by atomic mass is 35.5. The Morgan fingerprint density at radius 3 is 2.60 bits per heavy atom. The van der Waals surface area contributed by atoms with Crippen molar-refractivity contribution >= 4 is 17.2 Å². The molecule has 0 unspecified atom stereocenters. The molecule has 0 bridgehead atoms. The second-order valence-electron chi connectivity index (χ2n) is 5.54. The van der Waals surface area contributed by atoms with Gasteiger partial charge in [-0.15, -0.1) is 0 Å². The van der Waals surface area contributed by atoms with E-state index < -0.39 is 0 Å². The predicted octanol–water partition coefficient (Wildman–Crippen LogP) is 3.81. The average Bonchev–Trinajstić information content (AvgIpc) is 3.08. The Kier molecular flexibility index (Phi) is 3.78. The van der Waals surface area contributed by atoms with Gasteiger partial charge in [-0.25, -0.2) is 4.98 Å². The second-order valence-corrected chi connectivity index (χ2v) is 5.98. The lowest BCUT2D eigenvalue weighted by molar-refractivity contribution is 0.414. The van der Waals surface area contributed by atoms with Crippen LogP contribution in [-0.4, -0.2) is 21.1 Å². The molecule has 5 nitrogen and oxygen atoms in total. The summed E-state index contributed by atoms with van der Waals surface area (Å²) in [7, 11) is 1.61. The fourth-order valence-corrected chi connectivity index (χ4v) is 2.90. The van der Waals surface area contributed by atoms with E-state index in [4.69, 9.17) is 16.3 Å². The van der Waals surface area contributed by atoms with Gasteiger partial charge in [0.25, 0.3) is 5.56 Å². The smallest absolute Gasteiger partial charge is 0.298 e. The number of hydrogen-bond acceptors (Lipinski definition) is 3. The van der Waals surface area contributed by atoms with E-state index >= 15 is 0 Å². The minimum absolute atomic E-state index is 0.194. The lowest BCUT2D eigenvalue weighted by Gasteiger charge is -2.06. The molecule has 4 rings (SSSR count). The van der Waals surface area contributed by atoms with Crippen molar-refractivity contribution in [2.75, 3.05) is 7.11 Å². The zero-order valence-corrected chi connectivity index (χ0v) is 14.1. The molecule has 0 saturated heterocycles. The van der Waals surface area contributed by atoms with Gasteiger partial charge in [-0.2, -0.15) is 0 Å². The van der Waals surface area contributed by atoms with E-state index in [0.717, 1.165) is 17.0 Å². The standard InChI is InChI=1S/C19H14ClN3O2/c1-25-16-7-5-15(6-8-16)23-10-9-22-12-17(21-18(22)19(23)24)13-3-2-4-14(20)11-13/h2-12H,1H3. The summed E-state index contributed by atoms with van der Waals surface area (Å²) >= 11 is 6.04. The molecule has 2 aromatic heterocycles. The monoisotopic (exact) mass is 351 g/mol. The van der Waals surface area contributed by atoms with E-state index in [-0.39, 0.29) is 5.56 Å². The van der Waals surface area contributed by atoms with Crippen LogP contribution in [0.15, 0.2) is 71.9 Å². The van der Waals surface area contributed by atoms with Gasteiger partial charge in [-0.05, 0) is 36.4 Å². The van der Waals surface area contributed by atoms with Gasteiger partial charge in [0.2, 0.25) is 5.65 Å². The largest absolute Gasteiger partial charge is 0.497 e. The maximum atomic E-state index is 12.8. The Balaban J connectivity index is 1.83. The first-order valence-corrected chi connectivity index (χ1v) is 8.04. The second kappa shape index (κ2) is 6.11. The summed E-state index contributed by atoms with van der Waals surface area (Å²) in [5.41, 5.74) is 2.48. The molecule has 0 spiro atoms. The van der Waals surface area contributed by atoms with E-state index in [1.54, 1.807) is 28.3 Å². The van der Waals surface area contributed by atoms with Crippen LogP contribution in [0.1, 0.15) is 0 Å². The molecule has 0 saturated carbocycles. The van der Waals surface area contributed by atoms with Gasteiger partial charge < -0.3 is 9.14 Å². The van der Waals surface area contributed by atoms with E-state index in [9.17, 15) is 4.79 Å². The molecule has 6 heteroatoms. The first-order valence-electron chi connectivity index (χ1n) is 7.66. The van der Waals surface area contributed by atoms with Crippen LogP contribution >= 0.6 is 11.6 Å². The Labute approximate surface area is 148 Å². The summed E-state index contributed by atoms with van der Waals surface area (Å²) in [6, 6.07) is 14.7. The van der Waals surface area contributed by atoms with Crippen molar-refractivity contribution in [2.24, 2.45) is 0 Å². The van der Waals surface area contributed by atoms with Crippen molar-refractivity contribution < 1.29 is 4.74 Å². The van der Waals surface area contributed by atoms with E-state index in [2.05, 4.69) is 4.98 Å². The Hall–Kier alpha value is -3.05. The van der Waals surface area contributed by atoms with E-state index in [0.29, 0.717) is 16.4 Å². The third kappa shape index (κ3) is 2.79. The summed E-state index contributed by atoms with van der Waals surface area (Å²) < 4.78 is 8.43. The maximum Gasteiger partial charge on any atom is 0.298 e. The predicted molar refractivity (Wildman–Crippen MR) is 97.8 cm³/mol. The van der Waals surface area contributed by atoms with Crippen molar-refractivity contribution in [3.8, 4) is 22.7 Å². The molecule has 0 atom stereocenters. The highest BCUT2D eigenvalue weighted by Gasteiger charge is 2.10. The number of benzene rings is 2. The quantitative estimate of drug-likeness (QED) is 0.564. The Morgan fingerprint density at radius 1 is 1.08 bits per heavy atom. The number of imidazole rings is 1. The fourth-order valence-electron chi connectivity index (χ4n) is 2.71. The van der Waals surface area contributed by atoms with Crippen LogP contribution in [0.4, 0.5) is 0 Å². The van der Waals surface area contributed by atoms with Gasteiger partial charge in [0.15, 0.2) is 0 Å². The van der Waals surface area contributed by atoms with E-state index in [1.165, 1.54) is 0 Å². The van der Waals surface area contributed by atoms with Crippen LogP contribution in [0.3, 0.4) is 0 Å². The summed E-state index contributed by atoms with van der Waals surface area (Å²) in [5, 5.41) is 0.630. The summed E-state index contributed by atoms with van der Waals surface area (Å²) in [6.45, 7) is 0. The molecule has 0 aliphatic heterocycles. The highest BCUT2D eigenvalue weighted by molar-refractivity contribution is 6.30. The Bertz CT molecular complexity index is 1110. The third-order valence-corrected chi connectivity index (χ3v) is 4.22. The molecule has 25 heavy (non-hydrogen) atoms. The number of fused-ring (bicyclic) bond motifs is 1. The van der Waals surface area contributed by atoms with Crippen molar-refractivity contribution in [2.45, 2.75) is 0 Å². The van der Waals surface area contributed by atoms with Crippen LogP contribution in [0.25, 0.3) is 22.6 Å². The molecular weight excluding hydrogens is 338 g/mol. The van der Waals surface area contributed by atoms with Crippen molar-refractivity contribution in [1.82, 2.24) is 14.0 Å².